The third kappa shape index (κ3) is 4.54. The molecule has 0 radical (unpaired) electrons. The molecule has 4 aliphatic rings. The fraction of sp³-hybridized carbons (Fsp3) is 0.909. The Hall–Kier alpha value is -0.870. The number of hydrogen-bond donors (Lipinski definition) is 0. The number of ether oxygens (including phenoxy) is 1. The number of quaternary nitrogens is 1. The molecule has 0 aromatic carbocycles. The Morgan fingerprint density at radius 2 is 1.68 bits per heavy atom. The highest BCUT2D eigenvalue weighted by molar-refractivity contribution is 5.66. The van der Waals surface area contributed by atoms with Crippen molar-refractivity contribution in [1.29, 1.82) is 0 Å². The Morgan fingerprint density at radius 1 is 1.00 bits per heavy atom. The van der Waals surface area contributed by atoms with Crippen LogP contribution in [-0.2, 0) is 9.53 Å². The maximum atomic E-state index is 12.8. The van der Waals surface area contributed by atoms with E-state index in [-0.39, 0.29) is 27.5 Å². The number of esters is 1. The average molecular weight is 516 g/mol. The van der Waals surface area contributed by atoms with Gasteiger partial charge in [0.1, 0.15) is 6.10 Å². The lowest BCUT2D eigenvalue weighted by atomic mass is 9.43. The minimum Gasteiger partial charge on any atom is -0.633 e. The van der Waals surface area contributed by atoms with Crippen LogP contribution in [0.15, 0.2) is 11.1 Å². The highest BCUT2D eigenvalue weighted by Crippen LogP contribution is 2.72. The predicted molar refractivity (Wildman–Crippen MR) is 153 cm³/mol. The van der Waals surface area contributed by atoms with E-state index in [2.05, 4.69) is 41.5 Å². The van der Waals surface area contributed by atoms with E-state index < -0.39 is 0 Å². The molecule has 4 nitrogen and oxygen atoms in total. The molecule has 7 atom stereocenters. The van der Waals surface area contributed by atoms with E-state index in [0.717, 1.165) is 31.7 Å². The second kappa shape index (κ2) is 9.95. The van der Waals surface area contributed by atoms with Gasteiger partial charge in [-0.3, -0.25) is 4.79 Å². The Morgan fingerprint density at radius 3 is 2.30 bits per heavy atom. The molecule has 0 unspecified atom stereocenters. The SMILES string of the molecule is CC[N+]([O-])(CC)CCC[C@@H](C)[C@H]1CC[C@@]2(C)C3=C(CC[C@]12C)[C@@]1(C)CC[C@H](OC(C)=O)C(C)(C)[C@@H]1CC3. The lowest BCUT2D eigenvalue weighted by Gasteiger charge is -2.62. The molecule has 0 amide bonds. The van der Waals surface area contributed by atoms with Crippen LogP contribution < -0.4 is 0 Å². The van der Waals surface area contributed by atoms with Gasteiger partial charge >= 0.3 is 5.97 Å². The zero-order valence-corrected chi connectivity index (χ0v) is 25.7. The van der Waals surface area contributed by atoms with Crippen molar-refractivity contribution in [3.63, 3.8) is 0 Å². The van der Waals surface area contributed by atoms with Crippen molar-refractivity contribution < 1.29 is 14.2 Å². The van der Waals surface area contributed by atoms with E-state index >= 15 is 0 Å². The molecule has 0 heterocycles. The summed E-state index contributed by atoms with van der Waals surface area (Å²) in [6, 6.07) is 0. The van der Waals surface area contributed by atoms with Crippen LogP contribution >= 0.6 is 0 Å². The summed E-state index contributed by atoms with van der Waals surface area (Å²) in [4.78, 5) is 11.9. The minimum atomic E-state index is -0.131. The highest BCUT2D eigenvalue weighted by Gasteiger charge is 2.63. The summed E-state index contributed by atoms with van der Waals surface area (Å²) in [6.07, 6.45) is 12.1. The summed E-state index contributed by atoms with van der Waals surface area (Å²) in [5.41, 5.74) is 4.53. The molecule has 0 saturated heterocycles. The van der Waals surface area contributed by atoms with Crippen LogP contribution in [0.3, 0.4) is 0 Å². The second-order valence-electron chi connectivity index (χ2n) is 14.9. The van der Waals surface area contributed by atoms with Crippen LogP contribution in [-0.4, -0.2) is 36.4 Å². The van der Waals surface area contributed by atoms with Gasteiger partial charge < -0.3 is 14.6 Å². The third-order valence-corrected chi connectivity index (χ3v) is 13.1. The maximum absolute atomic E-state index is 12.8. The van der Waals surface area contributed by atoms with Crippen molar-refractivity contribution in [3.8, 4) is 0 Å². The summed E-state index contributed by atoms with van der Waals surface area (Å²) in [5, 5.41) is 12.8. The molecule has 0 aromatic rings. The number of nitrogens with zero attached hydrogens (tertiary/aromatic N) is 1. The van der Waals surface area contributed by atoms with E-state index in [4.69, 9.17) is 4.74 Å². The van der Waals surface area contributed by atoms with E-state index in [0.29, 0.717) is 35.8 Å². The van der Waals surface area contributed by atoms with Gasteiger partial charge in [-0.2, -0.15) is 0 Å². The van der Waals surface area contributed by atoms with E-state index in [1.54, 1.807) is 12.5 Å². The number of hydroxylamine groups is 3. The van der Waals surface area contributed by atoms with Crippen LogP contribution in [0.1, 0.15) is 127 Å². The van der Waals surface area contributed by atoms with Crippen LogP contribution in [0, 0.1) is 44.6 Å². The highest BCUT2D eigenvalue weighted by atomic mass is 16.5. The molecule has 212 valence electrons. The zero-order chi connectivity index (χ0) is 27.4. The first-order valence-electron chi connectivity index (χ1n) is 15.7. The van der Waals surface area contributed by atoms with E-state index in [1.807, 2.05) is 19.4 Å². The zero-order valence-electron chi connectivity index (χ0n) is 25.7. The molecule has 4 heteroatoms. The van der Waals surface area contributed by atoms with Gasteiger partial charge in [0.25, 0.3) is 0 Å². The molecule has 0 N–H and O–H groups in total. The Balaban J connectivity index is 1.55. The first kappa shape index (κ1) is 29.1. The molecule has 2 saturated carbocycles. The third-order valence-electron chi connectivity index (χ3n) is 13.1. The summed E-state index contributed by atoms with van der Waals surface area (Å²) in [7, 11) is 0. The molecule has 0 spiro atoms. The standard InChI is InChI=1S/C33H57NO3/c1-10-34(36,11-2)22-12-13-23(3)25-16-20-33(9)27-14-15-28-30(5,6)29(37-24(4)35)18-19-31(28,7)26(27)17-21-32(25,33)8/h23,25,28-29H,10-22H2,1-9H3/t23-,25-,28+,29+,31-,32-,33+/m1/s1. The van der Waals surface area contributed by atoms with Gasteiger partial charge in [0.05, 0.1) is 19.6 Å². The smallest absolute Gasteiger partial charge is 0.302 e. The van der Waals surface area contributed by atoms with Crippen LogP contribution in [0.2, 0.25) is 0 Å². The lowest BCUT2D eigenvalue weighted by molar-refractivity contribution is -0.877. The van der Waals surface area contributed by atoms with Crippen molar-refractivity contribution in [2.75, 3.05) is 19.6 Å². The van der Waals surface area contributed by atoms with Gasteiger partial charge in [-0.25, -0.2) is 0 Å². The topological polar surface area (TPSA) is 49.4 Å². The molecule has 37 heavy (non-hydrogen) atoms. The largest absolute Gasteiger partial charge is 0.633 e. The van der Waals surface area contributed by atoms with Crippen molar-refractivity contribution >= 4 is 5.97 Å². The van der Waals surface area contributed by atoms with Gasteiger partial charge in [0.15, 0.2) is 0 Å². The average Bonchev–Trinajstić information content (AvgIpc) is 3.12. The maximum Gasteiger partial charge on any atom is 0.302 e. The summed E-state index contributed by atoms with van der Waals surface area (Å²) in [6.45, 7) is 22.8. The fourth-order valence-corrected chi connectivity index (χ4v) is 10.5. The number of carbonyl (C=O) groups excluding carboxylic acids is 1. The molecule has 0 aliphatic heterocycles. The number of allylic oxidation sites excluding steroid dienone is 2. The Labute approximate surface area is 228 Å². The Bertz CT molecular complexity index is 903. The van der Waals surface area contributed by atoms with Crippen LogP contribution in [0.25, 0.3) is 0 Å². The van der Waals surface area contributed by atoms with Crippen molar-refractivity contribution in [2.24, 2.45) is 39.4 Å². The molecule has 4 rings (SSSR count). The number of carbonyl (C=O) groups is 1. The van der Waals surface area contributed by atoms with Crippen molar-refractivity contribution in [2.45, 2.75) is 133 Å². The molecule has 2 fully saturated rings. The van der Waals surface area contributed by atoms with Gasteiger partial charge in [0, 0.05) is 12.3 Å². The lowest BCUT2D eigenvalue weighted by Crippen LogP contribution is -2.55. The quantitative estimate of drug-likeness (QED) is 0.141. The molecule has 0 bridgehead atoms. The number of hydrogen-bond acceptors (Lipinski definition) is 3. The molecule has 4 aliphatic carbocycles. The fourth-order valence-electron chi connectivity index (χ4n) is 10.5. The molecular weight excluding hydrogens is 458 g/mol. The van der Waals surface area contributed by atoms with Gasteiger partial charge in [-0.1, -0.05) is 52.7 Å². The van der Waals surface area contributed by atoms with Gasteiger partial charge in [0.2, 0.25) is 0 Å². The first-order chi connectivity index (χ1) is 17.2. The Kier molecular flexibility index (Phi) is 7.83. The number of rotatable bonds is 8. The van der Waals surface area contributed by atoms with E-state index in [9.17, 15) is 10.0 Å². The van der Waals surface area contributed by atoms with Gasteiger partial charge in [-0.15, -0.1) is 0 Å². The predicted octanol–water partition coefficient (Wildman–Crippen LogP) is 8.44. The monoisotopic (exact) mass is 515 g/mol. The van der Waals surface area contributed by atoms with Crippen LogP contribution in [0.4, 0.5) is 0 Å². The summed E-state index contributed by atoms with van der Waals surface area (Å²) >= 11 is 0. The summed E-state index contributed by atoms with van der Waals surface area (Å²) in [5.74, 6) is 1.88. The minimum absolute atomic E-state index is 0.0118. The summed E-state index contributed by atoms with van der Waals surface area (Å²) < 4.78 is 5.84. The second-order valence-corrected chi connectivity index (χ2v) is 14.9. The van der Waals surface area contributed by atoms with Crippen molar-refractivity contribution in [1.82, 2.24) is 0 Å². The molecule has 0 aromatic heterocycles. The molecular formula is C33H57NO3. The van der Waals surface area contributed by atoms with Crippen LogP contribution in [0.5, 0.6) is 0 Å². The van der Waals surface area contributed by atoms with E-state index in [1.165, 1.54) is 44.9 Å². The van der Waals surface area contributed by atoms with Gasteiger partial charge in [-0.05, 0) is 112 Å². The first-order valence-corrected chi connectivity index (χ1v) is 15.7. The normalized spacial score (nSPS) is 40.0. The van der Waals surface area contributed by atoms with Crippen molar-refractivity contribution in [3.05, 3.63) is 16.4 Å². The number of fused-ring (bicyclic) bond motifs is 4.